The van der Waals surface area contributed by atoms with Crippen LogP contribution < -0.4 is 5.73 Å². The molecule has 114 valence electrons. The summed E-state index contributed by atoms with van der Waals surface area (Å²) < 4.78 is 5.34. The highest BCUT2D eigenvalue weighted by Crippen LogP contribution is 2.38. The van der Waals surface area contributed by atoms with E-state index >= 15 is 0 Å². The first-order valence-electron chi connectivity index (χ1n) is 8.09. The van der Waals surface area contributed by atoms with Crippen LogP contribution in [0.4, 0.5) is 0 Å². The molecule has 1 aliphatic carbocycles. The second-order valence-electron chi connectivity index (χ2n) is 6.29. The van der Waals surface area contributed by atoms with Gasteiger partial charge in [0.25, 0.3) is 0 Å². The lowest BCUT2D eigenvalue weighted by Crippen LogP contribution is -2.60. The fourth-order valence-corrected chi connectivity index (χ4v) is 3.92. The number of nitrogens with two attached hydrogens (primary N) is 1. The molecule has 0 bridgehead atoms. The summed E-state index contributed by atoms with van der Waals surface area (Å²) in [6, 6.07) is 0.643. The molecule has 0 aromatic carbocycles. The summed E-state index contributed by atoms with van der Waals surface area (Å²) in [4.78, 5) is 2.69. The van der Waals surface area contributed by atoms with Crippen LogP contribution in [0.5, 0.6) is 0 Å². The van der Waals surface area contributed by atoms with E-state index in [2.05, 4.69) is 25.7 Å². The van der Waals surface area contributed by atoms with Gasteiger partial charge in [0.2, 0.25) is 0 Å². The Bertz CT molecular complexity index is 243. The molecule has 2 N–H and O–H groups in total. The van der Waals surface area contributed by atoms with E-state index in [9.17, 15) is 0 Å². The standard InChI is InChI=1S/C16H34N2O/c1-5-15(6-2)18(10-11-19-4)16(13-17)9-7-8-14(3)12-16/h14-15H,5-13,17H2,1-4H3. The van der Waals surface area contributed by atoms with Gasteiger partial charge in [0.1, 0.15) is 0 Å². The third-order valence-corrected chi connectivity index (χ3v) is 4.98. The SMILES string of the molecule is CCC(CC)N(CCOC)C1(CN)CCCC(C)C1. The molecule has 0 radical (unpaired) electrons. The van der Waals surface area contributed by atoms with Gasteiger partial charge < -0.3 is 10.5 Å². The number of rotatable bonds is 8. The lowest BCUT2D eigenvalue weighted by Gasteiger charge is -2.51. The summed E-state index contributed by atoms with van der Waals surface area (Å²) in [5.41, 5.74) is 6.45. The first-order chi connectivity index (χ1) is 9.13. The van der Waals surface area contributed by atoms with Gasteiger partial charge in [-0.1, -0.05) is 33.6 Å². The van der Waals surface area contributed by atoms with Crippen molar-refractivity contribution in [3.05, 3.63) is 0 Å². The van der Waals surface area contributed by atoms with Gasteiger partial charge in [-0.15, -0.1) is 0 Å². The van der Waals surface area contributed by atoms with Gasteiger partial charge in [0, 0.05) is 31.8 Å². The minimum absolute atomic E-state index is 0.215. The number of ether oxygens (including phenoxy) is 1. The molecule has 1 fully saturated rings. The Hall–Kier alpha value is -0.120. The topological polar surface area (TPSA) is 38.5 Å². The summed E-state index contributed by atoms with van der Waals surface area (Å²) in [7, 11) is 1.80. The molecule has 0 aliphatic heterocycles. The van der Waals surface area contributed by atoms with Crippen molar-refractivity contribution in [1.29, 1.82) is 0 Å². The maximum Gasteiger partial charge on any atom is 0.0590 e. The zero-order valence-electron chi connectivity index (χ0n) is 13.5. The number of hydrogen-bond donors (Lipinski definition) is 1. The van der Waals surface area contributed by atoms with Crippen molar-refractivity contribution in [2.75, 3.05) is 26.8 Å². The minimum Gasteiger partial charge on any atom is -0.383 e. The zero-order chi connectivity index (χ0) is 14.3. The maximum atomic E-state index is 6.24. The average molecular weight is 270 g/mol. The smallest absolute Gasteiger partial charge is 0.0590 e. The first-order valence-corrected chi connectivity index (χ1v) is 8.09. The molecule has 0 amide bonds. The van der Waals surface area contributed by atoms with Gasteiger partial charge in [-0.25, -0.2) is 0 Å². The van der Waals surface area contributed by atoms with Gasteiger partial charge in [-0.3, -0.25) is 4.90 Å². The highest BCUT2D eigenvalue weighted by molar-refractivity contribution is 4.98. The van der Waals surface area contributed by atoms with Gasteiger partial charge in [-0.2, -0.15) is 0 Å². The fourth-order valence-electron chi connectivity index (χ4n) is 3.92. The van der Waals surface area contributed by atoms with Crippen LogP contribution in [0.3, 0.4) is 0 Å². The van der Waals surface area contributed by atoms with Crippen LogP contribution in [0.1, 0.15) is 59.3 Å². The third-order valence-electron chi connectivity index (χ3n) is 4.98. The summed E-state index contributed by atoms with van der Waals surface area (Å²) in [5, 5.41) is 0. The molecule has 0 aromatic heterocycles. The van der Waals surface area contributed by atoms with Crippen molar-refractivity contribution in [3.8, 4) is 0 Å². The lowest BCUT2D eigenvalue weighted by molar-refractivity contribution is -0.0141. The number of hydrogen-bond acceptors (Lipinski definition) is 3. The quantitative estimate of drug-likeness (QED) is 0.737. The Morgan fingerprint density at radius 3 is 2.53 bits per heavy atom. The monoisotopic (exact) mass is 270 g/mol. The predicted molar refractivity (Wildman–Crippen MR) is 82.4 cm³/mol. The van der Waals surface area contributed by atoms with Crippen LogP contribution in [0.15, 0.2) is 0 Å². The van der Waals surface area contributed by atoms with E-state index in [1.165, 1.54) is 38.5 Å². The molecule has 3 heteroatoms. The van der Waals surface area contributed by atoms with Crippen molar-refractivity contribution < 1.29 is 4.74 Å². The van der Waals surface area contributed by atoms with Crippen molar-refractivity contribution in [3.63, 3.8) is 0 Å². The predicted octanol–water partition coefficient (Wildman–Crippen LogP) is 3.03. The molecular weight excluding hydrogens is 236 g/mol. The van der Waals surface area contributed by atoms with Crippen LogP contribution in [-0.4, -0.2) is 43.3 Å². The molecule has 2 atom stereocenters. The number of nitrogens with zero attached hydrogens (tertiary/aromatic N) is 1. The van der Waals surface area contributed by atoms with E-state index in [0.717, 1.165) is 25.6 Å². The van der Waals surface area contributed by atoms with Crippen molar-refractivity contribution in [2.24, 2.45) is 11.7 Å². The van der Waals surface area contributed by atoms with Crippen molar-refractivity contribution >= 4 is 0 Å². The normalized spacial score (nSPS) is 28.3. The second-order valence-corrected chi connectivity index (χ2v) is 6.29. The van der Waals surface area contributed by atoms with Crippen molar-refractivity contribution in [1.82, 2.24) is 4.90 Å². The molecule has 1 aliphatic rings. The third kappa shape index (κ3) is 4.17. The van der Waals surface area contributed by atoms with Crippen LogP contribution in [0, 0.1) is 5.92 Å². The Balaban J connectivity index is 2.89. The van der Waals surface area contributed by atoms with Crippen LogP contribution in [-0.2, 0) is 4.74 Å². The summed E-state index contributed by atoms with van der Waals surface area (Å²) in [6.07, 6.45) is 7.61. The Morgan fingerprint density at radius 2 is 2.05 bits per heavy atom. The summed E-state index contributed by atoms with van der Waals surface area (Å²) >= 11 is 0. The van der Waals surface area contributed by atoms with E-state index in [0.29, 0.717) is 6.04 Å². The molecule has 2 unspecified atom stereocenters. The van der Waals surface area contributed by atoms with Crippen LogP contribution in [0.25, 0.3) is 0 Å². The Morgan fingerprint density at radius 1 is 1.37 bits per heavy atom. The summed E-state index contributed by atoms with van der Waals surface area (Å²) in [5.74, 6) is 0.803. The van der Waals surface area contributed by atoms with E-state index in [-0.39, 0.29) is 5.54 Å². The molecule has 3 nitrogen and oxygen atoms in total. The van der Waals surface area contributed by atoms with E-state index in [1.54, 1.807) is 7.11 Å². The highest BCUT2D eigenvalue weighted by Gasteiger charge is 2.41. The molecule has 19 heavy (non-hydrogen) atoms. The average Bonchev–Trinajstić information content (AvgIpc) is 2.43. The van der Waals surface area contributed by atoms with E-state index in [4.69, 9.17) is 10.5 Å². The van der Waals surface area contributed by atoms with E-state index in [1.807, 2.05) is 0 Å². The highest BCUT2D eigenvalue weighted by atomic mass is 16.5. The molecule has 0 heterocycles. The molecule has 0 aromatic rings. The Labute approximate surface area is 119 Å². The van der Waals surface area contributed by atoms with Gasteiger partial charge >= 0.3 is 0 Å². The van der Waals surface area contributed by atoms with Gasteiger partial charge in [0.15, 0.2) is 0 Å². The van der Waals surface area contributed by atoms with Crippen molar-refractivity contribution in [2.45, 2.75) is 70.9 Å². The second kappa shape index (κ2) is 8.23. The molecule has 0 saturated heterocycles. The Kier molecular flexibility index (Phi) is 7.33. The summed E-state index contributed by atoms with van der Waals surface area (Å²) in [6.45, 7) is 9.59. The zero-order valence-corrected chi connectivity index (χ0v) is 13.5. The van der Waals surface area contributed by atoms with Gasteiger partial charge in [0.05, 0.1) is 6.61 Å². The first kappa shape index (κ1) is 16.9. The molecule has 0 spiro atoms. The molecule has 1 saturated carbocycles. The molecule has 1 rings (SSSR count). The largest absolute Gasteiger partial charge is 0.383 e. The number of methoxy groups -OCH3 is 1. The lowest BCUT2D eigenvalue weighted by atomic mass is 9.74. The maximum absolute atomic E-state index is 6.24. The minimum atomic E-state index is 0.215. The fraction of sp³-hybridized carbons (Fsp3) is 1.00. The van der Waals surface area contributed by atoms with Crippen LogP contribution in [0.2, 0.25) is 0 Å². The molecular formula is C16H34N2O. The van der Waals surface area contributed by atoms with Gasteiger partial charge in [-0.05, 0) is 31.6 Å². The van der Waals surface area contributed by atoms with Crippen LogP contribution >= 0.6 is 0 Å². The van der Waals surface area contributed by atoms with E-state index < -0.39 is 0 Å².